The fraction of sp³-hybridized carbons (Fsp3) is 0.583. The van der Waals surface area contributed by atoms with E-state index in [0.717, 1.165) is 6.54 Å². The molecular weight excluding hydrogens is 207 g/mol. The second-order valence-corrected chi connectivity index (χ2v) is 4.20. The van der Waals surface area contributed by atoms with Crippen LogP contribution >= 0.6 is 0 Å². The zero-order valence-corrected chi connectivity index (χ0v) is 10.2. The second-order valence-electron chi connectivity index (χ2n) is 4.20. The third kappa shape index (κ3) is 2.77. The summed E-state index contributed by atoms with van der Waals surface area (Å²) in [7, 11) is 1.63. The molecule has 1 N–H and O–H groups in total. The molecule has 0 amide bonds. The maximum absolute atomic E-state index is 13.7. The van der Waals surface area contributed by atoms with Gasteiger partial charge in [-0.3, -0.25) is 4.98 Å². The number of halogens is 1. The van der Waals surface area contributed by atoms with Crippen molar-refractivity contribution in [1.82, 2.24) is 10.3 Å². The van der Waals surface area contributed by atoms with E-state index in [-0.39, 0.29) is 11.9 Å². The summed E-state index contributed by atoms with van der Waals surface area (Å²) in [6, 6.07) is 1.49. The molecule has 0 aromatic carbocycles. The topological polar surface area (TPSA) is 34.2 Å². The van der Waals surface area contributed by atoms with E-state index < -0.39 is 5.60 Å². The van der Waals surface area contributed by atoms with Gasteiger partial charge in [-0.2, -0.15) is 0 Å². The fourth-order valence-corrected chi connectivity index (χ4v) is 1.67. The third-order valence-electron chi connectivity index (χ3n) is 2.74. The number of methoxy groups -OCH3 is 1. The maximum Gasteiger partial charge on any atom is 0.146 e. The van der Waals surface area contributed by atoms with Crippen LogP contribution in [0.15, 0.2) is 18.5 Å². The van der Waals surface area contributed by atoms with Crippen molar-refractivity contribution in [3.05, 3.63) is 29.8 Å². The molecule has 3 nitrogen and oxygen atoms in total. The normalized spacial score (nSPS) is 13.8. The minimum Gasteiger partial charge on any atom is -0.377 e. The van der Waals surface area contributed by atoms with Crippen molar-refractivity contribution in [3.8, 4) is 0 Å². The molecule has 1 unspecified atom stereocenters. The van der Waals surface area contributed by atoms with Crippen LogP contribution in [0, 0.1) is 5.82 Å². The van der Waals surface area contributed by atoms with Gasteiger partial charge >= 0.3 is 0 Å². The summed E-state index contributed by atoms with van der Waals surface area (Å²) in [6.45, 7) is 6.59. The molecule has 0 spiro atoms. The monoisotopic (exact) mass is 226 g/mol. The highest BCUT2D eigenvalue weighted by Gasteiger charge is 2.31. The average molecular weight is 226 g/mol. The van der Waals surface area contributed by atoms with E-state index in [0.29, 0.717) is 5.56 Å². The van der Waals surface area contributed by atoms with Gasteiger partial charge in [0, 0.05) is 18.9 Å². The van der Waals surface area contributed by atoms with Crippen molar-refractivity contribution < 1.29 is 9.13 Å². The Morgan fingerprint density at radius 3 is 2.75 bits per heavy atom. The number of pyridine rings is 1. The molecule has 0 aliphatic rings. The van der Waals surface area contributed by atoms with Gasteiger partial charge in [0.25, 0.3) is 0 Å². The first-order valence-electron chi connectivity index (χ1n) is 5.41. The van der Waals surface area contributed by atoms with Crippen LogP contribution in [-0.4, -0.2) is 24.2 Å². The van der Waals surface area contributed by atoms with E-state index in [1.807, 2.05) is 20.8 Å². The maximum atomic E-state index is 13.7. The quantitative estimate of drug-likeness (QED) is 0.836. The predicted molar refractivity (Wildman–Crippen MR) is 61.7 cm³/mol. The summed E-state index contributed by atoms with van der Waals surface area (Å²) in [6.07, 6.45) is 2.82. The van der Waals surface area contributed by atoms with Gasteiger partial charge in [-0.1, -0.05) is 6.92 Å². The number of hydrogen-bond acceptors (Lipinski definition) is 3. The van der Waals surface area contributed by atoms with Crippen molar-refractivity contribution in [3.63, 3.8) is 0 Å². The van der Waals surface area contributed by atoms with Gasteiger partial charge in [0.15, 0.2) is 0 Å². The SMILES string of the molecule is CCNC(c1ccncc1F)C(C)(C)OC. The Morgan fingerprint density at radius 1 is 1.56 bits per heavy atom. The van der Waals surface area contributed by atoms with E-state index in [1.54, 1.807) is 19.4 Å². The lowest BCUT2D eigenvalue weighted by Crippen LogP contribution is -2.41. The molecule has 1 heterocycles. The molecule has 1 atom stereocenters. The number of nitrogens with one attached hydrogen (secondary N) is 1. The average Bonchev–Trinajstić information content (AvgIpc) is 2.27. The molecule has 0 saturated heterocycles. The molecular formula is C12H19FN2O. The van der Waals surface area contributed by atoms with E-state index in [2.05, 4.69) is 10.3 Å². The van der Waals surface area contributed by atoms with Crippen molar-refractivity contribution >= 4 is 0 Å². The zero-order valence-electron chi connectivity index (χ0n) is 10.2. The first-order chi connectivity index (χ1) is 7.53. The largest absolute Gasteiger partial charge is 0.377 e. The number of aromatic nitrogens is 1. The molecule has 0 aliphatic heterocycles. The highest BCUT2D eigenvalue weighted by molar-refractivity contribution is 5.20. The Hall–Kier alpha value is -1.00. The number of nitrogens with zero attached hydrogens (tertiary/aromatic N) is 1. The lowest BCUT2D eigenvalue weighted by molar-refractivity contribution is -0.0116. The predicted octanol–water partition coefficient (Wildman–Crippen LogP) is 2.30. The number of hydrogen-bond donors (Lipinski definition) is 1. The molecule has 0 bridgehead atoms. The molecule has 1 rings (SSSR count). The van der Waals surface area contributed by atoms with E-state index >= 15 is 0 Å². The summed E-state index contributed by atoms with van der Waals surface area (Å²) in [5.74, 6) is -0.307. The zero-order chi connectivity index (χ0) is 12.2. The van der Waals surface area contributed by atoms with Gasteiger partial charge in [0.2, 0.25) is 0 Å². The molecule has 1 aromatic heterocycles. The van der Waals surface area contributed by atoms with Gasteiger partial charge in [-0.15, -0.1) is 0 Å². The summed E-state index contributed by atoms with van der Waals surface area (Å²) in [4.78, 5) is 3.75. The van der Waals surface area contributed by atoms with Crippen molar-refractivity contribution in [2.24, 2.45) is 0 Å². The summed E-state index contributed by atoms with van der Waals surface area (Å²) in [5, 5.41) is 3.24. The molecule has 1 aromatic rings. The molecule has 16 heavy (non-hydrogen) atoms. The molecule has 0 fully saturated rings. The van der Waals surface area contributed by atoms with Crippen LogP contribution in [-0.2, 0) is 4.74 Å². The molecule has 0 aliphatic carbocycles. The third-order valence-corrected chi connectivity index (χ3v) is 2.74. The number of likely N-dealkylation sites (N-methyl/N-ethyl adjacent to an activating group) is 1. The molecule has 4 heteroatoms. The Kier molecular flexibility index (Phi) is 4.38. The Morgan fingerprint density at radius 2 is 2.25 bits per heavy atom. The van der Waals surface area contributed by atoms with Gasteiger partial charge in [0.05, 0.1) is 17.8 Å². The first-order valence-corrected chi connectivity index (χ1v) is 5.41. The number of ether oxygens (including phenoxy) is 1. The number of rotatable bonds is 5. The second kappa shape index (κ2) is 5.37. The van der Waals surface area contributed by atoms with Crippen molar-refractivity contribution in [2.75, 3.05) is 13.7 Å². The molecule has 90 valence electrons. The summed E-state index contributed by atoms with van der Waals surface area (Å²) in [5.41, 5.74) is 0.113. The Labute approximate surface area is 96.0 Å². The first kappa shape index (κ1) is 13.1. The van der Waals surface area contributed by atoms with Gasteiger partial charge < -0.3 is 10.1 Å². The fourth-order valence-electron chi connectivity index (χ4n) is 1.67. The van der Waals surface area contributed by atoms with Gasteiger partial charge in [-0.05, 0) is 26.5 Å². The van der Waals surface area contributed by atoms with Crippen LogP contribution in [0.4, 0.5) is 4.39 Å². The van der Waals surface area contributed by atoms with Crippen LogP contribution in [0.1, 0.15) is 32.4 Å². The van der Waals surface area contributed by atoms with Gasteiger partial charge in [-0.25, -0.2) is 4.39 Å². The van der Waals surface area contributed by atoms with Crippen molar-refractivity contribution in [2.45, 2.75) is 32.4 Å². The standard InChI is InChI=1S/C12H19FN2O/c1-5-15-11(12(2,3)16-4)9-6-7-14-8-10(9)13/h6-8,11,15H,5H2,1-4H3. The van der Waals surface area contributed by atoms with Crippen LogP contribution in [0.2, 0.25) is 0 Å². The minimum absolute atomic E-state index is 0.189. The van der Waals surface area contributed by atoms with E-state index in [1.165, 1.54) is 6.20 Å². The Bertz CT molecular complexity index is 342. The van der Waals surface area contributed by atoms with Crippen LogP contribution in [0.5, 0.6) is 0 Å². The van der Waals surface area contributed by atoms with Crippen LogP contribution < -0.4 is 5.32 Å². The summed E-state index contributed by atoms with van der Waals surface area (Å²) < 4.78 is 19.1. The van der Waals surface area contributed by atoms with Crippen LogP contribution in [0.3, 0.4) is 0 Å². The Balaban J connectivity index is 3.08. The van der Waals surface area contributed by atoms with Gasteiger partial charge in [0.1, 0.15) is 5.82 Å². The minimum atomic E-state index is -0.474. The van der Waals surface area contributed by atoms with E-state index in [4.69, 9.17) is 4.74 Å². The molecule has 0 radical (unpaired) electrons. The van der Waals surface area contributed by atoms with E-state index in [9.17, 15) is 4.39 Å². The van der Waals surface area contributed by atoms with Crippen molar-refractivity contribution in [1.29, 1.82) is 0 Å². The highest BCUT2D eigenvalue weighted by atomic mass is 19.1. The highest BCUT2D eigenvalue weighted by Crippen LogP contribution is 2.29. The lowest BCUT2D eigenvalue weighted by Gasteiger charge is -2.34. The summed E-state index contributed by atoms with van der Waals surface area (Å²) >= 11 is 0. The van der Waals surface area contributed by atoms with Crippen LogP contribution in [0.25, 0.3) is 0 Å². The lowest BCUT2D eigenvalue weighted by atomic mass is 9.92. The smallest absolute Gasteiger partial charge is 0.146 e. The molecule has 0 saturated carbocycles.